The summed E-state index contributed by atoms with van der Waals surface area (Å²) in [6.45, 7) is 18.9. The van der Waals surface area contributed by atoms with Crippen LogP contribution in [-0.2, 0) is 62.4 Å². The molecule has 4 saturated carbocycles. The van der Waals surface area contributed by atoms with Crippen LogP contribution in [0.5, 0.6) is 0 Å². The van der Waals surface area contributed by atoms with Crippen molar-refractivity contribution in [3.63, 3.8) is 0 Å². The average molecular weight is 1520 g/mol. The molecule has 109 heavy (non-hydrogen) atoms. The van der Waals surface area contributed by atoms with Gasteiger partial charge in [0.25, 0.3) is 0 Å². The molecular weight excluding hydrogens is 1380 g/mol. The zero-order valence-corrected chi connectivity index (χ0v) is 66.5. The molecule has 25 heteroatoms. The number of carbonyl (C=O) groups excluding carboxylic acids is 9. The monoisotopic (exact) mass is 1510 g/mol. The van der Waals surface area contributed by atoms with Crippen LogP contribution in [0.15, 0.2) is 91.0 Å². The van der Waals surface area contributed by atoms with Crippen LogP contribution in [0, 0.1) is 64.1 Å². The van der Waals surface area contributed by atoms with Gasteiger partial charge in [0, 0.05) is 44.0 Å². The smallest absolute Gasteiger partial charge is 0.243 e. The molecule has 606 valence electrons. The number of unbranched alkanes of at least 4 members (excludes halogenated alkanes) is 3. The van der Waals surface area contributed by atoms with Crippen molar-refractivity contribution in [2.45, 2.75) is 270 Å². The summed E-state index contributed by atoms with van der Waals surface area (Å²) in [4.78, 5) is 133. The Labute approximate surface area is 648 Å². The van der Waals surface area contributed by atoms with Crippen LogP contribution in [0.4, 0.5) is 0 Å². The Balaban J connectivity index is 1.29. The first-order valence-corrected chi connectivity index (χ1v) is 40.8. The molecule has 4 aliphatic rings. The summed E-state index contributed by atoms with van der Waals surface area (Å²) in [7, 11) is 0. The van der Waals surface area contributed by atoms with E-state index in [0.717, 1.165) is 36.0 Å². The highest BCUT2D eigenvalue weighted by Crippen LogP contribution is 2.68. The van der Waals surface area contributed by atoms with Gasteiger partial charge in [-0.05, 0) is 216 Å². The number of hydrogen-bond acceptors (Lipinski definition) is 16. The average Bonchev–Trinajstić information content (AvgIpc) is 1.61. The van der Waals surface area contributed by atoms with E-state index in [1.807, 2.05) is 133 Å². The SMILES string of the molecule is CC(C)[C@H](N)C(=O)N[C@@H](Cc1ccccc1)C(=O)N[C@@H](CCCCN)C(=O)N[C@@H]1CC[C@@]2(C)[C@@H](C1)C[C@@H](NC(=O)[C@H](CCCCN)NC(=O)[C@H](Cc1ccccc1)NC(=O)[C@@H](N)C(C)C)[C@@H]1[C@@H]2C[C@H](NC(=O)[C@H](CCCCN)NC(=O)[C@H](Cc2ccccc2)NC(=O)[C@@H](N)C(C)C)[C@]2(C)[C@@H]([C@H](C)CCCO)CC[C@@H]12. The number of aliphatic hydroxyl groups is 1. The Morgan fingerprint density at radius 3 is 1.17 bits per heavy atom. The summed E-state index contributed by atoms with van der Waals surface area (Å²) >= 11 is 0. The highest BCUT2D eigenvalue weighted by molar-refractivity contribution is 5.95. The molecule has 0 spiro atoms. The van der Waals surface area contributed by atoms with Crippen molar-refractivity contribution < 1.29 is 48.3 Å². The van der Waals surface area contributed by atoms with E-state index in [1.165, 1.54) is 0 Å². The van der Waals surface area contributed by atoms with Crippen LogP contribution in [0.1, 0.15) is 195 Å². The van der Waals surface area contributed by atoms with Crippen molar-refractivity contribution in [3.8, 4) is 0 Å². The van der Waals surface area contributed by atoms with Crippen molar-refractivity contribution >= 4 is 53.2 Å². The van der Waals surface area contributed by atoms with Crippen molar-refractivity contribution in [2.75, 3.05) is 26.2 Å². The second-order valence-electron chi connectivity index (χ2n) is 33.6. The topological polar surface area (TPSA) is 438 Å². The van der Waals surface area contributed by atoms with E-state index in [4.69, 9.17) is 34.4 Å². The van der Waals surface area contributed by atoms with Crippen LogP contribution < -0.4 is 82.3 Å². The third kappa shape index (κ3) is 24.3. The summed E-state index contributed by atoms with van der Waals surface area (Å²) in [6, 6.07) is 17.6. The molecule has 0 unspecified atom stereocenters. The zero-order valence-electron chi connectivity index (χ0n) is 66.5. The fourth-order valence-electron chi connectivity index (χ4n) is 18.2. The molecule has 22 N–H and O–H groups in total. The highest BCUT2D eigenvalue weighted by atomic mass is 16.3. The molecular formula is C84H135N15O10. The predicted molar refractivity (Wildman–Crippen MR) is 426 cm³/mol. The van der Waals surface area contributed by atoms with Crippen molar-refractivity contribution in [1.29, 1.82) is 0 Å². The van der Waals surface area contributed by atoms with Gasteiger partial charge in [0.1, 0.15) is 36.3 Å². The molecule has 4 fully saturated rings. The van der Waals surface area contributed by atoms with E-state index < -0.39 is 119 Å². The molecule has 7 rings (SSSR count). The minimum atomic E-state index is -1.09. The summed E-state index contributed by atoms with van der Waals surface area (Å²) in [5.74, 6) is -5.34. The third-order valence-electron chi connectivity index (χ3n) is 25.0. The summed E-state index contributed by atoms with van der Waals surface area (Å²) < 4.78 is 0. The number of carbonyl (C=O) groups is 9. The van der Waals surface area contributed by atoms with Crippen LogP contribution in [0.3, 0.4) is 0 Å². The normalized spacial score (nSPS) is 25.0. The Morgan fingerprint density at radius 1 is 0.422 bits per heavy atom. The minimum Gasteiger partial charge on any atom is -0.396 e. The lowest BCUT2D eigenvalue weighted by molar-refractivity contribution is -0.155. The fourth-order valence-corrected chi connectivity index (χ4v) is 18.2. The van der Waals surface area contributed by atoms with Crippen LogP contribution in [0.2, 0.25) is 0 Å². The number of benzene rings is 3. The number of aliphatic hydroxyl groups excluding tert-OH is 1. The van der Waals surface area contributed by atoms with Gasteiger partial charge in [0.15, 0.2) is 0 Å². The number of nitrogens with two attached hydrogens (primary N) is 6. The van der Waals surface area contributed by atoms with Gasteiger partial charge in [-0.1, -0.05) is 153 Å². The first-order valence-electron chi connectivity index (χ1n) is 40.8. The summed E-state index contributed by atoms with van der Waals surface area (Å²) in [5, 5.41) is 39.0. The molecule has 20 atom stereocenters. The second-order valence-corrected chi connectivity index (χ2v) is 33.6. The van der Waals surface area contributed by atoms with Gasteiger partial charge >= 0.3 is 0 Å². The van der Waals surface area contributed by atoms with Gasteiger partial charge in [-0.15, -0.1) is 0 Å². The number of nitrogens with one attached hydrogen (secondary N) is 9. The van der Waals surface area contributed by atoms with Gasteiger partial charge in [-0.3, -0.25) is 43.2 Å². The lowest BCUT2D eigenvalue weighted by atomic mass is 9.42. The minimum absolute atomic E-state index is 0.0110. The van der Waals surface area contributed by atoms with Crippen molar-refractivity contribution in [3.05, 3.63) is 108 Å². The fraction of sp³-hybridized carbons (Fsp3) is 0.679. The summed E-state index contributed by atoms with van der Waals surface area (Å²) in [5.41, 5.74) is 38.7. The maximum absolute atomic E-state index is 15.9. The highest BCUT2D eigenvalue weighted by Gasteiger charge is 2.67. The van der Waals surface area contributed by atoms with E-state index in [-0.39, 0.29) is 116 Å². The maximum atomic E-state index is 15.9. The van der Waals surface area contributed by atoms with Gasteiger partial charge in [0.2, 0.25) is 53.2 Å². The number of fused-ring (bicyclic) bond motifs is 5. The lowest BCUT2D eigenvalue weighted by Gasteiger charge is -2.65. The molecule has 4 aliphatic carbocycles. The predicted octanol–water partition coefficient (Wildman–Crippen LogP) is 4.70. The number of rotatable bonds is 43. The largest absolute Gasteiger partial charge is 0.396 e. The van der Waals surface area contributed by atoms with Crippen LogP contribution in [0.25, 0.3) is 0 Å². The molecule has 0 aromatic heterocycles. The van der Waals surface area contributed by atoms with Gasteiger partial charge in [-0.2, -0.15) is 0 Å². The molecule has 0 heterocycles. The summed E-state index contributed by atoms with van der Waals surface area (Å²) in [6.07, 6.45) is 10.0. The van der Waals surface area contributed by atoms with Crippen LogP contribution >= 0.6 is 0 Å². The Kier molecular flexibility index (Phi) is 34.9. The van der Waals surface area contributed by atoms with E-state index >= 15 is 14.4 Å². The number of amides is 9. The Bertz CT molecular complexity index is 3390. The quantitative estimate of drug-likeness (QED) is 0.0341. The lowest BCUT2D eigenvalue weighted by Crippen LogP contribution is -2.69. The maximum Gasteiger partial charge on any atom is 0.243 e. The first-order chi connectivity index (χ1) is 52.0. The molecule has 0 bridgehead atoms. The van der Waals surface area contributed by atoms with Gasteiger partial charge < -0.3 is 87.4 Å². The number of hydrogen-bond donors (Lipinski definition) is 16. The van der Waals surface area contributed by atoms with Gasteiger partial charge in [-0.25, -0.2) is 0 Å². The van der Waals surface area contributed by atoms with Gasteiger partial charge in [0.05, 0.1) is 18.1 Å². The van der Waals surface area contributed by atoms with E-state index in [1.54, 1.807) is 0 Å². The van der Waals surface area contributed by atoms with Crippen molar-refractivity contribution in [1.82, 2.24) is 47.9 Å². The molecule has 0 radical (unpaired) electrons. The van der Waals surface area contributed by atoms with E-state index in [0.29, 0.717) is 96.7 Å². The van der Waals surface area contributed by atoms with Crippen molar-refractivity contribution in [2.24, 2.45) is 98.5 Å². The molecule has 3 aromatic carbocycles. The molecule has 3 aromatic rings. The third-order valence-corrected chi connectivity index (χ3v) is 25.0. The molecule has 25 nitrogen and oxygen atoms in total. The van der Waals surface area contributed by atoms with E-state index in [9.17, 15) is 33.9 Å². The Hall–Kier alpha value is -7.39. The standard InChI is InChI=1S/C84H135N15O10/c1-50(2)71(88)80(107)96-66(44-54-27-13-10-14-28-54)77(104)92-62(33-19-22-40-85)74(101)91-58-38-39-83(8)57(47-58)48-65(95-75(102)63(34-20-23-41-86)93-78(105)67(45-55-29-15-11-16-30-55)97-81(108)72(89)51(3)4)70-60-37-36-59(53(7)26-25-43-100)84(60,9)69(49-61(70)83)99-76(103)64(35-21-24-42-87)94-79(106)68(46-56-31-17-12-18-32-56)98-82(109)73(90)52(5)6/h10-18,27-32,50-53,57-73,100H,19-26,33-49,85-90H2,1-9H3,(H,91,101)(H,92,104)(H,93,105)(H,94,106)(H,95,102)(H,96,107)(H,97,108)(H,98,109)(H,99,103)/t53-,57+,58-,59-,60+,61+,62+,63+,64+,65-,66+,67+,68+,69+,70+,71+,72+,73+,83+,84-/m1/s1. The zero-order chi connectivity index (χ0) is 79.7. The van der Waals surface area contributed by atoms with E-state index in [2.05, 4.69) is 68.6 Å². The molecule has 9 amide bonds. The Morgan fingerprint density at radius 2 is 0.798 bits per heavy atom. The first kappa shape index (κ1) is 88.8. The molecule has 0 aliphatic heterocycles. The second kappa shape index (κ2) is 42.9. The van der Waals surface area contributed by atoms with Crippen LogP contribution in [-0.4, -0.2) is 157 Å². The molecule has 0 saturated heterocycles.